The molecule has 2 unspecified atom stereocenters. The molecule has 0 spiro atoms. The summed E-state index contributed by atoms with van der Waals surface area (Å²) in [6, 6.07) is 35.1. The van der Waals surface area contributed by atoms with Crippen LogP contribution in [0.15, 0.2) is 128 Å². The molecule has 0 fully saturated rings. The van der Waals surface area contributed by atoms with E-state index in [0.29, 0.717) is 5.92 Å². The van der Waals surface area contributed by atoms with Gasteiger partial charge in [0.05, 0.1) is 11.6 Å². The maximum absolute atomic E-state index is 4.51. The van der Waals surface area contributed by atoms with Crippen molar-refractivity contribution in [1.82, 2.24) is 4.57 Å². The van der Waals surface area contributed by atoms with Gasteiger partial charge in [0.2, 0.25) is 0 Å². The van der Waals surface area contributed by atoms with Gasteiger partial charge in [-0.05, 0) is 72.9 Å². The van der Waals surface area contributed by atoms with E-state index < -0.39 is 0 Å². The Labute approximate surface area is 243 Å². The smallest absolute Gasteiger partial charge is 0.0652 e. The Kier molecular flexibility index (Phi) is 7.07. The molecular weight excluding hydrogens is 496 g/mol. The molecule has 2 nitrogen and oxygen atoms in total. The van der Waals surface area contributed by atoms with E-state index >= 15 is 0 Å². The van der Waals surface area contributed by atoms with Crippen LogP contribution in [0, 0.1) is 5.92 Å². The van der Waals surface area contributed by atoms with Crippen LogP contribution in [-0.2, 0) is 0 Å². The van der Waals surface area contributed by atoms with Gasteiger partial charge in [0.25, 0.3) is 0 Å². The molecular formula is C39H36N2. The second kappa shape index (κ2) is 11.0. The normalized spacial score (nSPS) is 16.4. The number of aromatic nitrogens is 1. The van der Waals surface area contributed by atoms with Crippen LogP contribution in [0.3, 0.4) is 0 Å². The Balaban J connectivity index is 1.34. The number of fused-ring (bicyclic) bond motifs is 2. The topological polar surface area (TPSA) is 8.17 Å². The number of allylic oxidation sites excluding steroid dienone is 3. The quantitative estimate of drug-likeness (QED) is 0.198. The Morgan fingerprint density at radius 1 is 0.732 bits per heavy atom. The molecule has 1 aromatic heterocycles. The second-order valence-corrected chi connectivity index (χ2v) is 10.7. The molecule has 2 heteroatoms. The number of benzene rings is 4. The van der Waals surface area contributed by atoms with E-state index in [0.717, 1.165) is 16.3 Å². The molecule has 2 heterocycles. The van der Waals surface area contributed by atoms with E-state index in [9.17, 15) is 0 Å². The van der Waals surface area contributed by atoms with Crippen molar-refractivity contribution in [1.29, 1.82) is 0 Å². The van der Waals surface area contributed by atoms with E-state index in [2.05, 4.69) is 158 Å². The molecule has 0 aliphatic carbocycles. The van der Waals surface area contributed by atoms with Crippen molar-refractivity contribution in [3.05, 3.63) is 144 Å². The van der Waals surface area contributed by atoms with Crippen LogP contribution in [0.2, 0.25) is 0 Å². The fourth-order valence-electron chi connectivity index (χ4n) is 6.29. The molecule has 0 bridgehead atoms. The lowest BCUT2D eigenvalue weighted by Gasteiger charge is -2.31. The maximum Gasteiger partial charge on any atom is 0.0652 e. The van der Waals surface area contributed by atoms with Crippen molar-refractivity contribution in [3.8, 4) is 16.8 Å². The van der Waals surface area contributed by atoms with Gasteiger partial charge in [0.15, 0.2) is 0 Å². The summed E-state index contributed by atoms with van der Waals surface area (Å²) in [6.45, 7) is 15.4. The molecule has 6 rings (SSSR count). The second-order valence-electron chi connectivity index (χ2n) is 10.7. The number of para-hydroxylation sites is 2. The largest absolute Gasteiger partial charge is 0.333 e. The van der Waals surface area contributed by atoms with Gasteiger partial charge in [0.1, 0.15) is 0 Å². The standard InChI is InChI=1S/C39H36N2/c1-6-8-14-35-29(5)40(38-18-12-10-16-36(35)38)32-23-19-30(20-24-32)31-21-25-33(26-22-31)41-37-17-11-9-15-34(37)28(4)39(41)27(3)13-7-2/h6-27,39H,4-5H2,1-3H3/b8-6-,13-7-,35-14+. The first-order chi connectivity index (χ1) is 20.0. The predicted octanol–water partition coefficient (Wildman–Crippen LogP) is 8.81. The van der Waals surface area contributed by atoms with E-state index in [-0.39, 0.29) is 6.04 Å². The van der Waals surface area contributed by atoms with Crippen molar-refractivity contribution < 1.29 is 0 Å². The van der Waals surface area contributed by atoms with Crippen LogP contribution in [0.25, 0.3) is 45.9 Å². The van der Waals surface area contributed by atoms with E-state index in [4.69, 9.17) is 0 Å². The summed E-state index contributed by atoms with van der Waals surface area (Å²) in [5.41, 5.74) is 9.49. The highest BCUT2D eigenvalue weighted by Crippen LogP contribution is 2.47. The highest BCUT2D eigenvalue weighted by molar-refractivity contribution is 5.92. The molecule has 0 radical (unpaired) electrons. The molecule has 4 aromatic carbocycles. The van der Waals surface area contributed by atoms with E-state index in [1.807, 2.05) is 13.0 Å². The lowest BCUT2D eigenvalue weighted by molar-refractivity contribution is 0.642. The fraction of sp³-hybridized carbons (Fsp3) is 0.128. The van der Waals surface area contributed by atoms with Gasteiger partial charge >= 0.3 is 0 Å². The molecule has 0 amide bonds. The zero-order chi connectivity index (χ0) is 28.5. The van der Waals surface area contributed by atoms with Gasteiger partial charge in [-0.1, -0.05) is 111 Å². The SMILES string of the molecule is C=C1c2ccccc2N(c2ccc(-c3ccc(-n4c(=C)/c(=C\C=C/C)c5ccccc54)cc3)cc2)C1C(C)/C=C\C. The molecule has 0 saturated carbocycles. The molecule has 0 saturated heterocycles. The van der Waals surface area contributed by atoms with Gasteiger partial charge in [-0.15, -0.1) is 0 Å². The third-order valence-electron chi connectivity index (χ3n) is 8.21. The van der Waals surface area contributed by atoms with Crippen LogP contribution < -0.4 is 15.5 Å². The minimum absolute atomic E-state index is 0.192. The highest BCUT2D eigenvalue weighted by atomic mass is 15.2. The van der Waals surface area contributed by atoms with Crippen LogP contribution in [0.4, 0.5) is 11.4 Å². The van der Waals surface area contributed by atoms with Gasteiger partial charge in [-0.3, -0.25) is 0 Å². The minimum Gasteiger partial charge on any atom is -0.333 e. The first-order valence-corrected chi connectivity index (χ1v) is 14.4. The molecule has 1 aliphatic rings. The molecule has 0 N–H and O–H groups in total. The third-order valence-corrected chi connectivity index (χ3v) is 8.21. The monoisotopic (exact) mass is 532 g/mol. The summed E-state index contributed by atoms with van der Waals surface area (Å²) < 4.78 is 2.25. The summed E-state index contributed by atoms with van der Waals surface area (Å²) in [4.78, 5) is 2.45. The first kappa shape index (κ1) is 26.4. The van der Waals surface area contributed by atoms with Crippen LogP contribution in [0.5, 0.6) is 0 Å². The lowest BCUT2D eigenvalue weighted by atomic mass is 9.93. The average molecular weight is 533 g/mol. The summed E-state index contributed by atoms with van der Waals surface area (Å²) >= 11 is 0. The summed E-state index contributed by atoms with van der Waals surface area (Å²) in [7, 11) is 0. The van der Waals surface area contributed by atoms with Crippen LogP contribution in [0.1, 0.15) is 26.3 Å². The molecule has 41 heavy (non-hydrogen) atoms. The Morgan fingerprint density at radius 2 is 1.37 bits per heavy atom. The Hall–Kier alpha value is -4.82. The van der Waals surface area contributed by atoms with Crippen molar-refractivity contribution in [2.75, 3.05) is 4.90 Å². The van der Waals surface area contributed by atoms with Crippen molar-refractivity contribution >= 4 is 40.5 Å². The lowest BCUT2D eigenvalue weighted by Crippen LogP contribution is -2.31. The van der Waals surface area contributed by atoms with Crippen molar-refractivity contribution in [2.45, 2.75) is 26.8 Å². The number of hydrogen-bond donors (Lipinski definition) is 0. The molecule has 5 aromatic rings. The Morgan fingerprint density at radius 3 is 2.05 bits per heavy atom. The van der Waals surface area contributed by atoms with Crippen molar-refractivity contribution in [2.24, 2.45) is 5.92 Å². The predicted molar refractivity (Wildman–Crippen MR) is 178 cm³/mol. The minimum atomic E-state index is 0.192. The summed E-state index contributed by atoms with van der Waals surface area (Å²) in [6.07, 6.45) is 10.7. The highest BCUT2D eigenvalue weighted by Gasteiger charge is 2.36. The van der Waals surface area contributed by atoms with Gasteiger partial charge in [-0.25, -0.2) is 0 Å². The summed E-state index contributed by atoms with van der Waals surface area (Å²) in [5.74, 6) is 0.339. The molecule has 1 aliphatic heterocycles. The van der Waals surface area contributed by atoms with Crippen molar-refractivity contribution in [3.63, 3.8) is 0 Å². The number of hydrogen-bond acceptors (Lipinski definition) is 1. The van der Waals surface area contributed by atoms with Gasteiger partial charge < -0.3 is 9.47 Å². The summed E-state index contributed by atoms with van der Waals surface area (Å²) in [5, 5.41) is 3.37. The number of anilines is 2. The van der Waals surface area contributed by atoms with E-state index in [1.54, 1.807) is 0 Å². The first-order valence-electron chi connectivity index (χ1n) is 14.4. The third kappa shape index (κ3) is 4.56. The van der Waals surface area contributed by atoms with Crippen LogP contribution in [-0.4, -0.2) is 10.6 Å². The van der Waals surface area contributed by atoms with E-state index in [1.165, 1.54) is 44.5 Å². The van der Waals surface area contributed by atoms with Gasteiger partial charge in [-0.2, -0.15) is 0 Å². The molecule has 202 valence electrons. The van der Waals surface area contributed by atoms with Crippen LogP contribution >= 0.6 is 0 Å². The Bertz CT molecular complexity index is 1900. The zero-order valence-electron chi connectivity index (χ0n) is 24.1. The average Bonchev–Trinajstić information content (AvgIpc) is 3.46. The zero-order valence-corrected chi connectivity index (χ0v) is 24.1. The molecule has 2 atom stereocenters. The maximum atomic E-state index is 4.51. The number of rotatable bonds is 6. The fourth-order valence-corrected chi connectivity index (χ4v) is 6.29. The number of nitrogens with zero attached hydrogens (tertiary/aromatic N) is 2. The van der Waals surface area contributed by atoms with Gasteiger partial charge in [0, 0.05) is 38.6 Å².